The lowest BCUT2D eigenvalue weighted by Crippen LogP contribution is -2.40. The fourth-order valence-corrected chi connectivity index (χ4v) is 4.91. The van der Waals surface area contributed by atoms with Crippen LogP contribution in [-0.2, 0) is 14.8 Å². The molecule has 0 saturated carbocycles. The summed E-state index contributed by atoms with van der Waals surface area (Å²) in [4.78, 5) is 14.9. The first-order valence-corrected chi connectivity index (χ1v) is 11.2. The highest BCUT2D eigenvalue weighted by atomic mass is 32.2. The number of benzene rings is 1. The van der Waals surface area contributed by atoms with Crippen molar-refractivity contribution in [2.24, 2.45) is 0 Å². The van der Waals surface area contributed by atoms with E-state index in [2.05, 4.69) is 10.2 Å². The maximum absolute atomic E-state index is 12.6. The summed E-state index contributed by atoms with van der Waals surface area (Å²) in [6.07, 6.45) is 4.79. The number of hydrogen-bond acceptors (Lipinski definition) is 5. The van der Waals surface area contributed by atoms with Gasteiger partial charge in [0.15, 0.2) is 0 Å². The fraction of sp³-hybridized carbons (Fsp3) is 0.632. The second kappa shape index (κ2) is 9.64. The molecule has 2 heterocycles. The van der Waals surface area contributed by atoms with E-state index < -0.39 is 10.0 Å². The van der Waals surface area contributed by atoms with Crippen LogP contribution < -0.4 is 5.32 Å². The van der Waals surface area contributed by atoms with Crippen LogP contribution in [0.25, 0.3) is 0 Å². The Balaban J connectivity index is 1.48. The quantitative estimate of drug-likeness (QED) is 0.705. The number of amides is 1. The summed E-state index contributed by atoms with van der Waals surface area (Å²) >= 11 is 0. The molecule has 2 fully saturated rings. The first kappa shape index (κ1) is 20.3. The van der Waals surface area contributed by atoms with E-state index in [4.69, 9.17) is 4.74 Å². The van der Waals surface area contributed by atoms with Crippen LogP contribution in [0.2, 0.25) is 0 Å². The first-order valence-electron chi connectivity index (χ1n) is 9.76. The molecule has 0 bridgehead atoms. The van der Waals surface area contributed by atoms with Gasteiger partial charge in [0.2, 0.25) is 10.0 Å². The van der Waals surface area contributed by atoms with Crippen LogP contribution >= 0.6 is 0 Å². The van der Waals surface area contributed by atoms with E-state index in [1.165, 1.54) is 35.7 Å². The number of piperidine rings is 1. The normalized spacial score (nSPS) is 19.7. The SMILES string of the molecule is O=C(NCCCN1CCCCC1)c1ccc(S(=O)(=O)N2CCOCC2)cc1. The topological polar surface area (TPSA) is 79.0 Å². The first-order chi connectivity index (χ1) is 13.1. The summed E-state index contributed by atoms with van der Waals surface area (Å²) in [5, 5.41) is 2.92. The molecule has 0 aliphatic carbocycles. The lowest BCUT2D eigenvalue weighted by Gasteiger charge is -2.26. The van der Waals surface area contributed by atoms with Crippen LogP contribution in [0.15, 0.2) is 29.2 Å². The van der Waals surface area contributed by atoms with Crippen LogP contribution in [-0.4, -0.2) is 76.0 Å². The Kier molecular flexibility index (Phi) is 7.23. The van der Waals surface area contributed by atoms with Crippen molar-refractivity contribution in [1.82, 2.24) is 14.5 Å². The van der Waals surface area contributed by atoms with Gasteiger partial charge in [0.05, 0.1) is 18.1 Å². The van der Waals surface area contributed by atoms with E-state index >= 15 is 0 Å². The van der Waals surface area contributed by atoms with Crippen molar-refractivity contribution in [2.75, 3.05) is 52.5 Å². The second-order valence-corrected chi connectivity index (χ2v) is 8.99. The molecule has 0 aromatic heterocycles. The average molecular weight is 396 g/mol. The van der Waals surface area contributed by atoms with E-state index in [0.29, 0.717) is 38.4 Å². The molecule has 0 atom stereocenters. The Morgan fingerprint density at radius 1 is 1.00 bits per heavy atom. The van der Waals surface area contributed by atoms with Gasteiger partial charge in [-0.3, -0.25) is 4.79 Å². The third kappa shape index (κ3) is 5.51. The van der Waals surface area contributed by atoms with Gasteiger partial charge in [-0.25, -0.2) is 8.42 Å². The lowest BCUT2D eigenvalue weighted by molar-refractivity contribution is 0.0730. The summed E-state index contributed by atoms with van der Waals surface area (Å²) in [6.45, 7) is 5.51. The predicted molar refractivity (Wildman–Crippen MR) is 103 cm³/mol. The van der Waals surface area contributed by atoms with Crippen LogP contribution in [0, 0.1) is 0 Å². The molecule has 0 spiro atoms. The number of rotatable bonds is 7. The Morgan fingerprint density at radius 2 is 1.67 bits per heavy atom. The molecular formula is C19H29N3O4S. The second-order valence-electron chi connectivity index (χ2n) is 7.05. The van der Waals surface area contributed by atoms with Crippen molar-refractivity contribution in [3.05, 3.63) is 29.8 Å². The minimum atomic E-state index is -3.52. The summed E-state index contributed by atoms with van der Waals surface area (Å²) in [6, 6.07) is 6.17. The van der Waals surface area contributed by atoms with E-state index in [9.17, 15) is 13.2 Å². The summed E-state index contributed by atoms with van der Waals surface area (Å²) in [7, 11) is -3.52. The summed E-state index contributed by atoms with van der Waals surface area (Å²) < 4.78 is 31.8. The van der Waals surface area contributed by atoms with Gasteiger partial charge in [0, 0.05) is 25.2 Å². The molecule has 3 rings (SSSR count). The number of carbonyl (C=O) groups is 1. The molecule has 7 nitrogen and oxygen atoms in total. The summed E-state index contributed by atoms with van der Waals surface area (Å²) in [5.74, 6) is -0.163. The molecular weight excluding hydrogens is 366 g/mol. The molecule has 27 heavy (non-hydrogen) atoms. The zero-order valence-electron chi connectivity index (χ0n) is 15.7. The predicted octanol–water partition coefficient (Wildman–Crippen LogP) is 1.31. The van der Waals surface area contributed by atoms with Crippen molar-refractivity contribution in [3.8, 4) is 0 Å². The van der Waals surface area contributed by atoms with Gasteiger partial charge in [0.1, 0.15) is 0 Å². The highest BCUT2D eigenvalue weighted by Crippen LogP contribution is 2.17. The van der Waals surface area contributed by atoms with Gasteiger partial charge in [-0.2, -0.15) is 4.31 Å². The highest BCUT2D eigenvalue weighted by Gasteiger charge is 2.26. The zero-order chi connectivity index (χ0) is 19.1. The number of sulfonamides is 1. The van der Waals surface area contributed by atoms with Gasteiger partial charge in [0.25, 0.3) is 5.91 Å². The van der Waals surface area contributed by atoms with E-state index in [1.54, 1.807) is 12.1 Å². The Hall–Kier alpha value is -1.48. The molecule has 0 unspecified atom stereocenters. The van der Waals surface area contributed by atoms with Crippen molar-refractivity contribution in [3.63, 3.8) is 0 Å². The maximum Gasteiger partial charge on any atom is 0.251 e. The maximum atomic E-state index is 12.6. The monoisotopic (exact) mass is 395 g/mol. The Labute approximate surface area is 161 Å². The van der Waals surface area contributed by atoms with E-state index in [-0.39, 0.29) is 10.8 Å². The van der Waals surface area contributed by atoms with Gasteiger partial charge < -0.3 is 15.0 Å². The smallest absolute Gasteiger partial charge is 0.251 e. The summed E-state index contributed by atoms with van der Waals surface area (Å²) in [5.41, 5.74) is 0.480. The molecule has 1 aromatic carbocycles. The molecule has 150 valence electrons. The Bertz CT molecular complexity index is 709. The molecule has 8 heteroatoms. The van der Waals surface area contributed by atoms with E-state index in [1.807, 2.05) is 0 Å². The molecule has 2 saturated heterocycles. The van der Waals surface area contributed by atoms with Gasteiger partial charge in [-0.1, -0.05) is 6.42 Å². The van der Waals surface area contributed by atoms with Crippen LogP contribution in [0.5, 0.6) is 0 Å². The number of nitrogens with zero attached hydrogens (tertiary/aromatic N) is 2. The molecule has 2 aliphatic heterocycles. The minimum Gasteiger partial charge on any atom is -0.379 e. The highest BCUT2D eigenvalue weighted by molar-refractivity contribution is 7.89. The average Bonchev–Trinajstić information content (AvgIpc) is 2.72. The third-order valence-electron chi connectivity index (χ3n) is 5.11. The van der Waals surface area contributed by atoms with Crippen LogP contribution in [0.1, 0.15) is 36.0 Å². The van der Waals surface area contributed by atoms with Gasteiger partial charge in [-0.15, -0.1) is 0 Å². The number of nitrogens with one attached hydrogen (secondary N) is 1. The number of ether oxygens (including phenoxy) is 1. The largest absolute Gasteiger partial charge is 0.379 e. The molecule has 1 aromatic rings. The number of carbonyl (C=O) groups excluding carboxylic acids is 1. The van der Waals surface area contributed by atoms with Crippen LogP contribution in [0.3, 0.4) is 0 Å². The van der Waals surface area contributed by atoms with Crippen molar-refractivity contribution < 1.29 is 17.9 Å². The number of morpholine rings is 1. The fourth-order valence-electron chi connectivity index (χ4n) is 3.50. The van der Waals surface area contributed by atoms with Crippen molar-refractivity contribution in [1.29, 1.82) is 0 Å². The van der Waals surface area contributed by atoms with E-state index in [0.717, 1.165) is 26.1 Å². The molecule has 1 amide bonds. The molecule has 0 radical (unpaired) electrons. The van der Waals surface area contributed by atoms with Crippen LogP contribution in [0.4, 0.5) is 0 Å². The zero-order valence-corrected chi connectivity index (χ0v) is 16.5. The number of likely N-dealkylation sites (tertiary alicyclic amines) is 1. The van der Waals surface area contributed by atoms with Crippen molar-refractivity contribution in [2.45, 2.75) is 30.6 Å². The minimum absolute atomic E-state index is 0.163. The van der Waals surface area contributed by atoms with Gasteiger partial charge in [-0.05, 0) is 63.2 Å². The third-order valence-corrected chi connectivity index (χ3v) is 7.02. The molecule has 1 N–H and O–H groups in total. The van der Waals surface area contributed by atoms with Crippen molar-refractivity contribution >= 4 is 15.9 Å². The lowest BCUT2D eigenvalue weighted by atomic mass is 10.1. The standard InChI is InChI=1S/C19H29N3O4S/c23-19(20-9-4-12-21-10-2-1-3-11-21)17-5-7-18(8-6-17)27(24,25)22-13-15-26-16-14-22/h5-8H,1-4,9-16H2,(H,20,23). The number of hydrogen-bond donors (Lipinski definition) is 1. The Morgan fingerprint density at radius 3 is 2.33 bits per heavy atom. The van der Waals surface area contributed by atoms with Gasteiger partial charge >= 0.3 is 0 Å². The molecule has 2 aliphatic rings.